The lowest BCUT2D eigenvalue weighted by Gasteiger charge is -2.18. The van der Waals surface area contributed by atoms with E-state index in [1.807, 2.05) is 0 Å². The predicted octanol–water partition coefficient (Wildman–Crippen LogP) is 4.09. The minimum Gasteiger partial charge on any atom is -0.324 e. The first-order valence-electron chi connectivity index (χ1n) is 4.88. The van der Waals surface area contributed by atoms with E-state index in [2.05, 4.69) is 6.58 Å². The van der Waals surface area contributed by atoms with Crippen LogP contribution in [-0.2, 0) is 6.18 Å². The van der Waals surface area contributed by atoms with Crippen molar-refractivity contribution in [3.8, 4) is 0 Å². The van der Waals surface area contributed by atoms with Crippen LogP contribution >= 0.6 is 12.4 Å². The summed E-state index contributed by atoms with van der Waals surface area (Å²) in [7, 11) is 0. The van der Waals surface area contributed by atoms with Gasteiger partial charge in [0, 0.05) is 6.04 Å². The van der Waals surface area contributed by atoms with Crippen molar-refractivity contribution in [2.24, 2.45) is 5.73 Å². The number of hydrogen-bond donors (Lipinski definition) is 1. The molecule has 0 spiro atoms. The van der Waals surface area contributed by atoms with Crippen LogP contribution < -0.4 is 5.73 Å². The molecule has 0 aliphatic carbocycles. The number of alkyl halides is 3. The van der Waals surface area contributed by atoms with Crippen molar-refractivity contribution in [3.05, 3.63) is 47.5 Å². The van der Waals surface area contributed by atoms with Gasteiger partial charge in [-0.05, 0) is 25.0 Å². The van der Waals surface area contributed by atoms with Crippen molar-refractivity contribution < 1.29 is 13.2 Å². The van der Waals surface area contributed by atoms with E-state index in [9.17, 15) is 13.2 Å². The molecule has 0 bridgehead atoms. The monoisotopic (exact) mass is 265 g/mol. The molecule has 1 rings (SSSR count). The number of benzene rings is 1. The van der Waals surface area contributed by atoms with Crippen LogP contribution in [0.1, 0.15) is 30.5 Å². The second-order valence-corrected chi connectivity index (χ2v) is 3.85. The summed E-state index contributed by atoms with van der Waals surface area (Å²) < 4.78 is 38.0. The molecule has 0 heterocycles. The lowest BCUT2D eigenvalue weighted by Crippen LogP contribution is -2.17. The summed E-state index contributed by atoms with van der Waals surface area (Å²) in [6.07, 6.45) is -4.00. The Kier molecular flexibility index (Phi) is 5.72. The lowest BCUT2D eigenvalue weighted by atomic mass is 9.96. The first kappa shape index (κ1) is 16.0. The predicted molar refractivity (Wildman–Crippen MR) is 65.1 cm³/mol. The Hall–Kier alpha value is -1.00. The highest BCUT2D eigenvalue weighted by atomic mass is 35.5. The van der Waals surface area contributed by atoms with Crippen LogP contribution in [0.5, 0.6) is 0 Å². The summed E-state index contributed by atoms with van der Waals surface area (Å²) in [5.74, 6) is 0. The van der Waals surface area contributed by atoms with Crippen LogP contribution in [0, 0.1) is 0 Å². The summed E-state index contributed by atoms with van der Waals surface area (Å²) in [5.41, 5.74) is 5.96. The third-order valence-electron chi connectivity index (χ3n) is 2.23. The van der Waals surface area contributed by atoms with Gasteiger partial charge in [-0.3, -0.25) is 0 Å². The standard InChI is InChI=1S/C12H14F3N.ClH/c1-8(2)7-11(16)9-5-3-4-6-10(9)12(13,14)15;/h3-6,11H,1,7,16H2,2H3;1H/t11-;/m0./s1. The Morgan fingerprint density at radius 3 is 2.35 bits per heavy atom. The number of nitrogens with two attached hydrogens (primary N) is 1. The van der Waals surface area contributed by atoms with Crippen molar-refractivity contribution in [2.75, 3.05) is 0 Å². The molecule has 5 heteroatoms. The molecular weight excluding hydrogens is 251 g/mol. The Morgan fingerprint density at radius 1 is 1.35 bits per heavy atom. The molecular formula is C12H15ClF3N. The molecule has 0 unspecified atom stereocenters. The molecule has 17 heavy (non-hydrogen) atoms. The molecule has 2 N–H and O–H groups in total. The van der Waals surface area contributed by atoms with Crippen molar-refractivity contribution >= 4 is 12.4 Å². The van der Waals surface area contributed by atoms with Gasteiger partial charge in [0.15, 0.2) is 0 Å². The van der Waals surface area contributed by atoms with Gasteiger partial charge in [0.05, 0.1) is 5.56 Å². The molecule has 0 saturated heterocycles. The van der Waals surface area contributed by atoms with E-state index in [1.165, 1.54) is 12.1 Å². The quantitative estimate of drug-likeness (QED) is 0.819. The first-order chi connectivity index (χ1) is 7.32. The maximum Gasteiger partial charge on any atom is 0.416 e. The summed E-state index contributed by atoms with van der Waals surface area (Å²) in [4.78, 5) is 0. The highest BCUT2D eigenvalue weighted by molar-refractivity contribution is 5.85. The van der Waals surface area contributed by atoms with Crippen LogP contribution in [0.3, 0.4) is 0 Å². The molecule has 0 aliphatic rings. The van der Waals surface area contributed by atoms with Crippen molar-refractivity contribution in [1.82, 2.24) is 0 Å². The third kappa shape index (κ3) is 4.40. The van der Waals surface area contributed by atoms with Gasteiger partial charge < -0.3 is 5.73 Å². The fourth-order valence-corrected chi connectivity index (χ4v) is 1.56. The highest BCUT2D eigenvalue weighted by Crippen LogP contribution is 2.35. The summed E-state index contributed by atoms with van der Waals surface area (Å²) in [6.45, 7) is 5.40. The minimum absolute atomic E-state index is 0. The third-order valence-corrected chi connectivity index (χ3v) is 2.23. The number of halogens is 4. The van der Waals surface area contributed by atoms with Gasteiger partial charge in [-0.2, -0.15) is 13.2 Å². The smallest absolute Gasteiger partial charge is 0.324 e. The molecule has 0 aliphatic heterocycles. The normalized spacial score (nSPS) is 12.8. The second kappa shape index (κ2) is 6.07. The molecule has 1 nitrogen and oxygen atoms in total. The van der Waals surface area contributed by atoms with E-state index in [4.69, 9.17) is 5.73 Å². The molecule has 1 aromatic rings. The van der Waals surface area contributed by atoms with Gasteiger partial charge in [-0.1, -0.05) is 23.8 Å². The number of hydrogen-bond acceptors (Lipinski definition) is 1. The van der Waals surface area contributed by atoms with Crippen LogP contribution in [-0.4, -0.2) is 0 Å². The maximum absolute atomic E-state index is 12.7. The molecule has 0 radical (unpaired) electrons. The van der Waals surface area contributed by atoms with Crippen LogP contribution in [0.25, 0.3) is 0 Å². The zero-order valence-corrected chi connectivity index (χ0v) is 10.2. The van der Waals surface area contributed by atoms with E-state index >= 15 is 0 Å². The van der Waals surface area contributed by atoms with E-state index in [-0.39, 0.29) is 18.0 Å². The van der Waals surface area contributed by atoms with Gasteiger partial charge in [-0.15, -0.1) is 19.0 Å². The Bertz CT molecular complexity index is 388. The zero-order valence-electron chi connectivity index (χ0n) is 9.42. The van der Waals surface area contributed by atoms with E-state index < -0.39 is 17.8 Å². The Morgan fingerprint density at radius 2 is 1.88 bits per heavy atom. The van der Waals surface area contributed by atoms with Crippen molar-refractivity contribution in [3.63, 3.8) is 0 Å². The van der Waals surface area contributed by atoms with Gasteiger partial charge in [0.25, 0.3) is 0 Å². The minimum atomic E-state index is -4.36. The molecule has 0 saturated carbocycles. The van der Waals surface area contributed by atoms with E-state index in [1.54, 1.807) is 13.0 Å². The number of rotatable bonds is 3. The Balaban J connectivity index is 0.00000256. The summed E-state index contributed by atoms with van der Waals surface area (Å²) in [5, 5.41) is 0. The molecule has 1 aromatic carbocycles. The molecule has 0 fully saturated rings. The van der Waals surface area contributed by atoms with Crippen molar-refractivity contribution in [1.29, 1.82) is 0 Å². The summed E-state index contributed by atoms with van der Waals surface area (Å²) >= 11 is 0. The molecule has 1 atom stereocenters. The highest BCUT2D eigenvalue weighted by Gasteiger charge is 2.34. The average Bonchev–Trinajstić information content (AvgIpc) is 2.15. The van der Waals surface area contributed by atoms with Crippen LogP contribution in [0.2, 0.25) is 0 Å². The van der Waals surface area contributed by atoms with Gasteiger partial charge in [0.1, 0.15) is 0 Å². The van der Waals surface area contributed by atoms with Gasteiger partial charge in [-0.25, -0.2) is 0 Å². The molecule has 96 valence electrons. The fourth-order valence-electron chi connectivity index (χ4n) is 1.56. The average molecular weight is 266 g/mol. The second-order valence-electron chi connectivity index (χ2n) is 3.85. The maximum atomic E-state index is 12.7. The van der Waals surface area contributed by atoms with E-state index in [0.717, 1.165) is 11.6 Å². The molecule has 0 aromatic heterocycles. The SMILES string of the molecule is C=C(C)C[C@H](N)c1ccccc1C(F)(F)F.Cl. The topological polar surface area (TPSA) is 26.0 Å². The largest absolute Gasteiger partial charge is 0.416 e. The van der Waals surface area contributed by atoms with Gasteiger partial charge in [0.2, 0.25) is 0 Å². The van der Waals surface area contributed by atoms with Crippen LogP contribution in [0.15, 0.2) is 36.4 Å². The fraction of sp³-hybridized carbons (Fsp3) is 0.333. The lowest BCUT2D eigenvalue weighted by molar-refractivity contribution is -0.138. The van der Waals surface area contributed by atoms with Crippen LogP contribution in [0.4, 0.5) is 13.2 Å². The first-order valence-corrected chi connectivity index (χ1v) is 4.88. The van der Waals surface area contributed by atoms with Gasteiger partial charge >= 0.3 is 6.18 Å². The zero-order chi connectivity index (χ0) is 12.3. The molecule has 0 amide bonds. The van der Waals surface area contributed by atoms with Crippen molar-refractivity contribution in [2.45, 2.75) is 25.6 Å². The Labute approximate surface area is 105 Å². The summed E-state index contributed by atoms with van der Waals surface area (Å²) in [6, 6.07) is 4.72. The van der Waals surface area contributed by atoms with E-state index in [0.29, 0.717) is 6.42 Å².